The van der Waals surface area contributed by atoms with Gasteiger partial charge in [-0.1, -0.05) is 23.8 Å². The van der Waals surface area contributed by atoms with E-state index in [1.165, 1.54) is 28.2 Å². The molecule has 0 fully saturated rings. The molecule has 0 saturated heterocycles. The van der Waals surface area contributed by atoms with Crippen molar-refractivity contribution < 1.29 is 9.18 Å². The lowest BCUT2D eigenvalue weighted by Gasteiger charge is -2.08. The lowest BCUT2D eigenvalue weighted by molar-refractivity contribution is 0.102. The molecule has 4 aromatic rings. The maximum absolute atomic E-state index is 14.4. The number of halogens is 1. The highest BCUT2D eigenvalue weighted by Crippen LogP contribution is 2.31. The van der Waals surface area contributed by atoms with Crippen molar-refractivity contribution in [2.45, 2.75) is 27.7 Å². The average molecular weight is 422 g/mol. The van der Waals surface area contributed by atoms with Gasteiger partial charge in [0.1, 0.15) is 15.7 Å². The Morgan fingerprint density at radius 2 is 1.90 bits per heavy atom. The summed E-state index contributed by atoms with van der Waals surface area (Å²) in [6.45, 7) is 7.55. The standard InChI is InChI=1S/C21H19FN6OS/c1-11-5-7-16(12(2)9-11)21-23-13(3)19(30-21)20(29)24-18-10-15(6-8-17(18)22)28-14(4)25-26-27-28/h5-10H,1-4H3,(H,24,29). The fourth-order valence-electron chi connectivity index (χ4n) is 3.17. The van der Waals surface area contributed by atoms with Gasteiger partial charge >= 0.3 is 0 Å². The van der Waals surface area contributed by atoms with Gasteiger partial charge in [-0.25, -0.2) is 9.37 Å². The van der Waals surface area contributed by atoms with Gasteiger partial charge in [-0.3, -0.25) is 4.79 Å². The maximum Gasteiger partial charge on any atom is 0.267 e. The molecule has 0 spiro atoms. The van der Waals surface area contributed by atoms with Crippen LogP contribution in [0.3, 0.4) is 0 Å². The van der Waals surface area contributed by atoms with E-state index >= 15 is 0 Å². The van der Waals surface area contributed by atoms with E-state index in [-0.39, 0.29) is 5.69 Å². The predicted molar refractivity (Wildman–Crippen MR) is 114 cm³/mol. The minimum absolute atomic E-state index is 0.0493. The number of aromatic nitrogens is 5. The summed E-state index contributed by atoms with van der Waals surface area (Å²) in [5, 5.41) is 14.7. The van der Waals surface area contributed by atoms with Crippen LogP contribution in [0.4, 0.5) is 10.1 Å². The highest BCUT2D eigenvalue weighted by molar-refractivity contribution is 7.17. The minimum atomic E-state index is -0.547. The number of nitrogens with one attached hydrogen (secondary N) is 1. The van der Waals surface area contributed by atoms with Crippen LogP contribution in [-0.2, 0) is 0 Å². The van der Waals surface area contributed by atoms with Gasteiger partial charge in [0.05, 0.1) is 17.1 Å². The molecular formula is C21H19FN6OS. The van der Waals surface area contributed by atoms with Crippen molar-refractivity contribution >= 4 is 22.9 Å². The van der Waals surface area contributed by atoms with Crippen molar-refractivity contribution in [3.8, 4) is 16.3 Å². The topological polar surface area (TPSA) is 85.6 Å². The average Bonchev–Trinajstić information content (AvgIpc) is 3.29. The van der Waals surface area contributed by atoms with E-state index in [0.717, 1.165) is 21.7 Å². The number of benzene rings is 2. The predicted octanol–water partition coefficient (Wildman–Crippen LogP) is 4.41. The summed E-state index contributed by atoms with van der Waals surface area (Å²) in [6, 6.07) is 10.4. The van der Waals surface area contributed by atoms with Crippen molar-refractivity contribution in [1.29, 1.82) is 0 Å². The number of anilines is 1. The van der Waals surface area contributed by atoms with Gasteiger partial charge in [0.25, 0.3) is 5.91 Å². The Bertz CT molecular complexity index is 1260. The first-order chi connectivity index (χ1) is 14.3. The zero-order valence-corrected chi connectivity index (χ0v) is 17.7. The molecule has 0 unspecified atom stereocenters. The Morgan fingerprint density at radius 1 is 1.10 bits per heavy atom. The van der Waals surface area contributed by atoms with Crippen molar-refractivity contribution in [1.82, 2.24) is 25.2 Å². The quantitative estimate of drug-likeness (QED) is 0.526. The largest absolute Gasteiger partial charge is 0.319 e. The highest BCUT2D eigenvalue weighted by atomic mass is 32.1. The summed E-state index contributed by atoms with van der Waals surface area (Å²) in [5.74, 6) is -0.407. The van der Waals surface area contributed by atoms with Crippen molar-refractivity contribution in [3.63, 3.8) is 0 Å². The Kier molecular flexibility index (Phi) is 5.13. The second-order valence-electron chi connectivity index (χ2n) is 7.01. The number of amides is 1. The molecule has 0 aliphatic rings. The van der Waals surface area contributed by atoms with Gasteiger partial charge in [0.2, 0.25) is 0 Å². The first kappa shape index (κ1) is 19.8. The summed E-state index contributed by atoms with van der Waals surface area (Å²) in [5.41, 5.74) is 4.43. The van der Waals surface area contributed by atoms with Crippen LogP contribution >= 0.6 is 11.3 Å². The summed E-state index contributed by atoms with van der Waals surface area (Å²) in [4.78, 5) is 17.9. The molecule has 0 radical (unpaired) electrons. The summed E-state index contributed by atoms with van der Waals surface area (Å²) in [6.07, 6.45) is 0. The Balaban J connectivity index is 1.63. The van der Waals surface area contributed by atoms with E-state index in [4.69, 9.17) is 0 Å². The van der Waals surface area contributed by atoms with Gasteiger partial charge in [-0.2, -0.15) is 4.68 Å². The smallest absolute Gasteiger partial charge is 0.267 e. The first-order valence-corrected chi connectivity index (χ1v) is 10.1. The van der Waals surface area contributed by atoms with Crippen LogP contribution in [0.15, 0.2) is 36.4 Å². The molecule has 0 aliphatic carbocycles. The monoisotopic (exact) mass is 422 g/mol. The summed E-state index contributed by atoms with van der Waals surface area (Å²) in [7, 11) is 0. The fraction of sp³-hybridized carbons (Fsp3) is 0.190. The van der Waals surface area contributed by atoms with E-state index in [1.807, 2.05) is 26.0 Å². The van der Waals surface area contributed by atoms with Gasteiger partial charge in [0, 0.05) is 5.56 Å². The second kappa shape index (κ2) is 7.75. The van der Waals surface area contributed by atoms with Crippen LogP contribution in [0, 0.1) is 33.5 Å². The first-order valence-electron chi connectivity index (χ1n) is 9.25. The molecule has 1 N–H and O–H groups in total. The normalized spacial score (nSPS) is 11.0. The molecule has 4 rings (SSSR count). The molecule has 7 nitrogen and oxygen atoms in total. The van der Waals surface area contributed by atoms with Crippen LogP contribution in [0.25, 0.3) is 16.3 Å². The van der Waals surface area contributed by atoms with E-state index in [1.54, 1.807) is 19.9 Å². The number of carbonyl (C=O) groups is 1. The number of hydrogen-bond donors (Lipinski definition) is 1. The van der Waals surface area contributed by atoms with E-state index in [2.05, 4.69) is 31.9 Å². The lowest BCUT2D eigenvalue weighted by Crippen LogP contribution is -2.13. The molecule has 2 heterocycles. The molecular weight excluding hydrogens is 403 g/mol. The van der Waals surface area contributed by atoms with Crippen molar-refractivity contribution in [2.24, 2.45) is 0 Å². The van der Waals surface area contributed by atoms with Crippen LogP contribution in [0.5, 0.6) is 0 Å². The highest BCUT2D eigenvalue weighted by Gasteiger charge is 2.19. The van der Waals surface area contributed by atoms with Crippen LogP contribution in [-0.4, -0.2) is 31.1 Å². The fourth-order valence-corrected chi connectivity index (χ4v) is 4.22. The second-order valence-corrected chi connectivity index (χ2v) is 8.01. The Labute approximate surface area is 176 Å². The van der Waals surface area contributed by atoms with Gasteiger partial charge in [0.15, 0.2) is 5.82 Å². The third-order valence-electron chi connectivity index (χ3n) is 4.68. The summed E-state index contributed by atoms with van der Waals surface area (Å²) < 4.78 is 15.8. The maximum atomic E-state index is 14.4. The van der Waals surface area contributed by atoms with Crippen LogP contribution in [0.1, 0.15) is 32.3 Å². The molecule has 0 bridgehead atoms. The summed E-state index contributed by atoms with van der Waals surface area (Å²) >= 11 is 1.29. The molecule has 30 heavy (non-hydrogen) atoms. The molecule has 2 aromatic heterocycles. The zero-order chi connectivity index (χ0) is 21.4. The third-order valence-corrected chi connectivity index (χ3v) is 5.87. The molecule has 0 saturated carbocycles. The number of rotatable bonds is 4. The van der Waals surface area contributed by atoms with Gasteiger partial charge in [-0.05, 0) is 61.9 Å². The number of nitrogens with zero attached hydrogens (tertiary/aromatic N) is 5. The number of carbonyl (C=O) groups excluding carboxylic acids is 1. The number of tetrazole rings is 1. The van der Waals surface area contributed by atoms with E-state index in [0.29, 0.717) is 22.1 Å². The minimum Gasteiger partial charge on any atom is -0.319 e. The molecule has 1 amide bonds. The SMILES string of the molecule is Cc1ccc(-c2nc(C)c(C(=O)Nc3cc(-n4nnnc4C)ccc3F)s2)c(C)c1. The zero-order valence-electron chi connectivity index (χ0n) is 16.9. The number of thiazole rings is 1. The van der Waals surface area contributed by atoms with Crippen LogP contribution in [0.2, 0.25) is 0 Å². The molecule has 0 aliphatic heterocycles. The number of hydrogen-bond acceptors (Lipinski definition) is 6. The Morgan fingerprint density at radius 3 is 2.60 bits per heavy atom. The molecule has 2 aromatic carbocycles. The van der Waals surface area contributed by atoms with Gasteiger partial charge < -0.3 is 5.32 Å². The van der Waals surface area contributed by atoms with Crippen molar-refractivity contribution in [3.05, 3.63) is 69.7 Å². The lowest BCUT2D eigenvalue weighted by atomic mass is 10.1. The van der Waals surface area contributed by atoms with Crippen molar-refractivity contribution in [2.75, 3.05) is 5.32 Å². The molecule has 152 valence electrons. The molecule has 9 heteroatoms. The van der Waals surface area contributed by atoms with Gasteiger partial charge in [-0.15, -0.1) is 16.4 Å². The van der Waals surface area contributed by atoms with E-state index in [9.17, 15) is 9.18 Å². The van der Waals surface area contributed by atoms with E-state index < -0.39 is 11.7 Å². The molecule has 0 atom stereocenters. The van der Waals surface area contributed by atoms with Crippen LogP contribution < -0.4 is 5.32 Å². The number of aryl methyl sites for hydroxylation is 4. The Hall–Kier alpha value is -3.46. The third kappa shape index (κ3) is 3.71.